The number of rotatable bonds is 7. The highest BCUT2D eigenvalue weighted by Gasteiger charge is 2.31. The van der Waals surface area contributed by atoms with Crippen molar-refractivity contribution in [1.29, 1.82) is 0 Å². The van der Waals surface area contributed by atoms with Crippen LogP contribution in [0.5, 0.6) is 0 Å². The van der Waals surface area contributed by atoms with Crippen molar-refractivity contribution in [3.05, 3.63) is 53.1 Å². The lowest BCUT2D eigenvalue weighted by Crippen LogP contribution is -2.48. The van der Waals surface area contributed by atoms with Crippen molar-refractivity contribution in [3.63, 3.8) is 0 Å². The van der Waals surface area contributed by atoms with Gasteiger partial charge in [0.25, 0.3) is 5.91 Å². The second-order valence-electron chi connectivity index (χ2n) is 10.5. The van der Waals surface area contributed by atoms with Crippen molar-refractivity contribution in [2.75, 3.05) is 50.7 Å². The maximum atomic E-state index is 13.0. The van der Waals surface area contributed by atoms with Crippen LogP contribution in [0.2, 0.25) is 0 Å². The van der Waals surface area contributed by atoms with E-state index in [1.54, 1.807) is 39.9 Å². The summed E-state index contributed by atoms with van der Waals surface area (Å²) >= 11 is 1.77. The van der Waals surface area contributed by atoms with E-state index in [9.17, 15) is 13.2 Å². The largest absolute Gasteiger partial charge is 0.351 e. The van der Waals surface area contributed by atoms with E-state index in [2.05, 4.69) is 41.1 Å². The summed E-state index contributed by atoms with van der Waals surface area (Å²) in [6, 6.07) is 10.7. The monoisotopic (exact) mass is 555 g/mol. The van der Waals surface area contributed by atoms with Crippen molar-refractivity contribution in [3.8, 4) is 0 Å². The van der Waals surface area contributed by atoms with E-state index in [1.807, 2.05) is 6.92 Å². The van der Waals surface area contributed by atoms with Crippen molar-refractivity contribution in [2.24, 2.45) is 0 Å². The van der Waals surface area contributed by atoms with Gasteiger partial charge in [-0.25, -0.2) is 13.4 Å². The van der Waals surface area contributed by atoms with Gasteiger partial charge in [-0.05, 0) is 75.1 Å². The van der Waals surface area contributed by atoms with Crippen LogP contribution < -0.4 is 10.2 Å². The van der Waals surface area contributed by atoms with Gasteiger partial charge in [0, 0.05) is 57.4 Å². The molecule has 1 atom stereocenters. The minimum Gasteiger partial charge on any atom is -0.351 e. The van der Waals surface area contributed by atoms with Gasteiger partial charge in [-0.2, -0.15) is 4.31 Å². The standard InChI is InChI=1S/C28H37N5O3S2/c1-20-18-21(2)26-25(19-20)30-28(37-26)32-16-14-31(15-17-32)13-11-29-27(34)23-7-9-24(10-8-23)38(35,36)33-12-5-4-6-22(33)3/h7-10,18-19,22H,4-6,11-17H2,1-3H3,(H,29,34). The molecule has 38 heavy (non-hydrogen) atoms. The van der Waals surface area contributed by atoms with Gasteiger partial charge >= 0.3 is 0 Å². The summed E-state index contributed by atoms with van der Waals surface area (Å²) in [6.07, 6.45) is 2.83. The summed E-state index contributed by atoms with van der Waals surface area (Å²) < 4.78 is 28.9. The first-order valence-corrected chi connectivity index (χ1v) is 15.7. The molecule has 1 N–H and O–H groups in total. The first-order chi connectivity index (χ1) is 18.2. The number of carbonyl (C=O) groups excluding carboxylic acids is 1. The molecule has 0 bridgehead atoms. The lowest BCUT2D eigenvalue weighted by molar-refractivity contribution is 0.0947. The Hall–Kier alpha value is -2.53. The van der Waals surface area contributed by atoms with Crippen molar-refractivity contribution < 1.29 is 13.2 Å². The number of piperazine rings is 1. The fraction of sp³-hybridized carbons (Fsp3) is 0.500. The predicted octanol–water partition coefficient (Wildman–Crippen LogP) is 4.03. The average Bonchev–Trinajstić information content (AvgIpc) is 3.34. The number of carbonyl (C=O) groups is 1. The Morgan fingerprint density at radius 1 is 1.05 bits per heavy atom. The van der Waals surface area contributed by atoms with Gasteiger partial charge in [0.1, 0.15) is 0 Å². The molecule has 3 aromatic rings. The minimum atomic E-state index is -3.53. The molecule has 3 heterocycles. The van der Waals surface area contributed by atoms with Crippen molar-refractivity contribution >= 4 is 42.6 Å². The lowest BCUT2D eigenvalue weighted by atomic mass is 10.1. The number of benzene rings is 2. The Bertz CT molecular complexity index is 1400. The van der Waals surface area contributed by atoms with Gasteiger partial charge in [0.15, 0.2) is 5.13 Å². The zero-order valence-electron chi connectivity index (χ0n) is 22.4. The summed E-state index contributed by atoms with van der Waals surface area (Å²) in [6.45, 7) is 11.8. The smallest absolute Gasteiger partial charge is 0.251 e. The maximum absolute atomic E-state index is 13.0. The molecule has 1 amide bonds. The molecule has 0 spiro atoms. The number of amides is 1. The van der Waals surface area contributed by atoms with Crippen molar-refractivity contribution in [1.82, 2.24) is 19.5 Å². The van der Waals surface area contributed by atoms with E-state index >= 15 is 0 Å². The Kier molecular flexibility index (Phi) is 8.04. The second-order valence-corrected chi connectivity index (χ2v) is 13.4. The van der Waals surface area contributed by atoms with Crippen LogP contribution in [0, 0.1) is 13.8 Å². The van der Waals surface area contributed by atoms with Gasteiger partial charge in [-0.1, -0.05) is 23.8 Å². The summed E-state index contributed by atoms with van der Waals surface area (Å²) in [7, 11) is -3.53. The van der Waals surface area contributed by atoms with Crippen LogP contribution >= 0.6 is 11.3 Å². The zero-order valence-corrected chi connectivity index (χ0v) is 24.1. The number of nitrogens with zero attached hydrogens (tertiary/aromatic N) is 4. The lowest BCUT2D eigenvalue weighted by Gasteiger charge is -2.34. The van der Waals surface area contributed by atoms with E-state index < -0.39 is 10.0 Å². The highest BCUT2D eigenvalue weighted by atomic mass is 32.2. The van der Waals surface area contributed by atoms with Gasteiger partial charge in [-0.3, -0.25) is 9.69 Å². The van der Waals surface area contributed by atoms with Crippen LogP contribution in [0.4, 0.5) is 5.13 Å². The number of piperidine rings is 1. The number of sulfonamides is 1. The van der Waals surface area contributed by atoms with Crippen LogP contribution in [-0.2, 0) is 10.0 Å². The minimum absolute atomic E-state index is 0.00765. The third-order valence-electron chi connectivity index (χ3n) is 7.63. The summed E-state index contributed by atoms with van der Waals surface area (Å²) in [5.74, 6) is -0.181. The molecule has 0 saturated carbocycles. The molecule has 0 radical (unpaired) electrons. The molecule has 2 saturated heterocycles. The molecule has 2 aromatic carbocycles. The summed E-state index contributed by atoms with van der Waals surface area (Å²) in [4.78, 5) is 22.5. The Morgan fingerprint density at radius 3 is 2.50 bits per heavy atom. The van der Waals surface area contributed by atoms with Crippen LogP contribution in [0.25, 0.3) is 10.2 Å². The molecule has 1 aromatic heterocycles. The summed E-state index contributed by atoms with van der Waals surface area (Å²) in [5.41, 5.74) is 4.08. The number of hydrogen-bond acceptors (Lipinski definition) is 7. The van der Waals surface area contributed by atoms with Gasteiger partial charge in [0.2, 0.25) is 10.0 Å². The number of hydrogen-bond donors (Lipinski definition) is 1. The first kappa shape index (κ1) is 27.1. The molecular weight excluding hydrogens is 518 g/mol. The van der Waals surface area contributed by atoms with Crippen LogP contribution in [0.1, 0.15) is 47.7 Å². The Morgan fingerprint density at radius 2 is 1.79 bits per heavy atom. The molecule has 1 unspecified atom stereocenters. The zero-order chi connectivity index (χ0) is 26.9. The molecule has 204 valence electrons. The van der Waals surface area contributed by atoms with E-state index in [0.29, 0.717) is 18.7 Å². The molecule has 5 rings (SSSR count). The summed E-state index contributed by atoms with van der Waals surface area (Å²) in [5, 5.41) is 4.07. The third kappa shape index (κ3) is 5.73. The van der Waals surface area contributed by atoms with E-state index in [1.165, 1.54) is 15.8 Å². The van der Waals surface area contributed by atoms with Crippen LogP contribution in [0.15, 0.2) is 41.3 Å². The Balaban J connectivity index is 1.09. The first-order valence-electron chi connectivity index (χ1n) is 13.5. The normalized spacial score (nSPS) is 19.7. The maximum Gasteiger partial charge on any atom is 0.251 e. The number of aryl methyl sites for hydroxylation is 2. The van der Waals surface area contributed by atoms with Gasteiger partial charge < -0.3 is 10.2 Å². The topological polar surface area (TPSA) is 85.8 Å². The number of fused-ring (bicyclic) bond motifs is 1. The molecule has 2 aliphatic rings. The highest BCUT2D eigenvalue weighted by molar-refractivity contribution is 7.89. The number of anilines is 1. The van der Waals surface area contributed by atoms with E-state index in [4.69, 9.17) is 4.98 Å². The van der Waals surface area contributed by atoms with E-state index in [0.717, 1.165) is 62.6 Å². The van der Waals surface area contributed by atoms with Gasteiger partial charge in [0.05, 0.1) is 15.1 Å². The molecule has 10 heteroatoms. The molecule has 2 fully saturated rings. The second kappa shape index (κ2) is 11.3. The SMILES string of the molecule is Cc1cc(C)c2sc(N3CCN(CCNC(=O)c4ccc(S(=O)(=O)N5CCCCC5C)cc4)CC3)nc2c1. The van der Waals surface area contributed by atoms with Crippen LogP contribution in [0.3, 0.4) is 0 Å². The highest BCUT2D eigenvalue weighted by Crippen LogP contribution is 2.32. The number of aromatic nitrogens is 1. The number of nitrogens with one attached hydrogen (secondary N) is 1. The van der Waals surface area contributed by atoms with E-state index in [-0.39, 0.29) is 16.8 Å². The van der Waals surface area contributed by atoms with Crippen molar-refractivity contribution in [2.45, 2.75) is 51.0 Å². The average molecular weight is 556 g/mol. The molecule has 2 aliphatic heterocycles. The molecule has 8 nitrogen and oxygen atoms in total. The third-order valence-corrected chi connectivity index (χ3v) is 10.9. The molecular formula is C28H37N5O3S2. The van der Waals surface area contributed by atoms with Gasteiger partial charge in [-0.15, -0.1) is 0 Å². The Labute approximate surface area is 229 Å². The number of thiazole rings is 1. The molecule has 0 aliphatic carbocycles. The fourth-order valence-electron chi connectivity index (χ4n) is 5.44. The predicted molar refractivity (Wildman–Crippen MR) is 154 cm³/mol. The quantitative estimate of drug-likeness (QED) is 0.474. The van der Waals surface area contributed by atoms with Crippen LogP contribution in [-0.4, -0.2) is 80.4 Å². The fourth-order valence-corrected chi connectivity index (χ4v) is 8.20.